The first-order valence-electron chi connectivity index (χ1n) is 13.0. The molecule has 10 heteroatoms. The van der Waals surface area contributed by atoms with E-state index in [0.717, 1.165) is 0 Å². The summed E-state index contributed by atoms with van der Waals surface area (Å²) in [7, 11) is 0. The van der Waals surface area contributed by atoms with Gasteiger partial charge in [-0.05, 0) is 31.7 Å². The Bertz CT molecular complexity index is 1370. The Morgan fingerprint density at radius 1 is 0.683 bits per heavy atom. The van der Waals surface area contributed by atoms with E-state index in [2.05, 4.69) is 92.6 Å². The maximum Gasteiger partial charge on any atom is 4.00 e. The van der Waals surface area contributed by atoms with Gasteiger partial charge in [-0.1, -0.05) is 23.5 Å². The van der Waals surface area contributed by atoms with Gasteiger partial charge in [0.1, 0.15) is 5.97 Å². The van der Waals surface area contributed by atoms with Gasteiger partial charge in [0.2, 0.25) is 0 Å². The number of carboxylic acid groups (broad SMARTS) is 1. The largest absolute Gasteiger partial charge is 4.00 e. The van der Waals surface area contributed by atoms with Crippen LogP contribution in [0.4, 0.5) is 11.4 Å². The first-order chi connectivity index (χ1) is 18.2. The minimum atomic E-state index is -1.35. The third-order valence-corrected chi connectivity index (χ3v) is 6.96. The molecule has 0 saturated carbocycles. The molecule has 0 spiro atoms. The molecule has 206 valence electrons. The van der Waals surface area contributed by atoms with Gasteiger partial charge in [0.25, 0.3) is 0 Å². The second-order valence-corrected chi connectivity index (χ2v) is 9.36. The fourth-order valence-electron chi connectivity index (χ4n) is 5.14. The second-order valence-electron chi connectivity index (χ2n) is 9.36. The van der Waals surface area contributed by atoms with Crippen molar-refractivity contribution >= 4 is 64.7 Å². The Morgan fingerprint density at radius 3 is 1.44 bits per heavy atom. The van der Waals surface area contributed by atoms with Gasteiger partial charge in [0.05, 0.1) is 0 Å². The van der Waals surface area contributed by atoms with Gasteiger partial charge in [-0.15, -0.1) is 82.2 Å². The number of fused-ring (bicyclic) bond motifs is 2. The van der Waals surface area contributed by atoms with Crippen molar-refractivity contribution in [1.82, 2.24) is 9.97 Å². The molecule has 41 heavy (non-hydrogen) atoms. The van der Waals surface area contributed by atoms with E-state index in [4.69, 9.17) is 0 Å². The first-order valence-corrected chi connectivity index (χ1v) is 13.0. The van der Waals surface area contributed by atoms with Crippen LogP contribution in [0.25, 0.3) is 21.5 Å². The number of nitrogens with zero attached hydrogens (tertiary/aromatic N) is 4. The molecular formula is C31H31Cl2InN4O2Zr+2. The van der Waals surface area contributed by atoms with E-state index < -0.39 is 5.97 Å². The average Bonchev–Trinajstić information content (AvgIpc) is 3.75. The molecule has 6 nitrogen and oxygen atoms in total. The molecule has 4 aromatic carbocycles. The molecule has 0 radical (unpaired) electrons. The van der Waals surface area contributed by atoms with Crippen LogP contribution < -0.4 is 39.7 Å². The zero-order chi connectivity index (χ0) is 25.5. The van der Waals surface area contributed by atoms with Gasteiger partial charge in [-0.2, -0.15) is 0 Å². The fraction of sp³-hybridized carbons (Fsp3) is 0.258. The molecule has 0 amide bonds. The number of halogens is 2. The number of carboxylic acids is 1. The molecule has 0 unspecified atom stereocenters. The predicted molar refractivity (Wildman–Crippen MR) is 154 cm³/mol. The summed E-state index contributed by atoms with van der Waals surface area (Å²) >= 11 is 0. The normalized spacial score (nSPS) is 13.4. The smallest absolute Gasteiger partial charge is 1.00 e. The van der Waals surface area contributed by atoms with Gasteiger partial charge < -0.3 is 44.5 Å². The first kappa shape index (κ1) is 37.2. The third kappa shape index (κ3) is 9.57. The number of rotatable bonds is 3. The summed E-state index contributed by atoms with van der Waals surface area (Å²) in [5.41, 5.74) is 2.86. The Hall–Kier alpha value is -1.86. The predicted octanol–water partition coefficient (Wildman–Crippen LogP) is -1.22. The van der Waals surface area contributed by atoms with Gasteiger partial charge in [-0.3, -0.25) is 0 Å². The van der Waals surface area contributed by atoms with Gasteiger partial charge in [0, 0.05) is 38.6 Å². The average molecular weight is 769 g/mol. The molecular weight excluding hydrogens is 737 g/mol. The number of aromatic carboxylic acids is 1. The monoisotopic (exact) mass is 766 g/mol. The van der Waals surface area contributed by atoms with Crippen LogP contribution in [0.15, 0.2) is 91.3 Å². The number of benzene rings is 2. The molecule has 2 aliphatic rings. The van der Waals surface area contributed by atoms with Crippen LogP contribution in [0.2, 0.25) is 0 Å². The summed E-state index contributed by atoms with van der Waals surface area (Å²) in [6, 6.07) is 27.8. The van der Waals surface area contributed by atoms with Crippen LogP contribution in [0.3, 0.4) is 0 Å². The van der Waals surface area contributed by atoms with E-state index in [1.165, 1.54) is 103 Å². The summed E-state index contributed by atoms with van der Waals surface area (Å²) in [5.74, 6) is -1.63. The van der Waals surface area contributed by atoms with Gasteiger partial charge in [-0.25, -0.2) is 9.97 Å². The SMILES string of the molecule is O=C([O-])c1ncccn1.[Cl-].[Cl-].[In+3].[Zr+4].c1ccc2c(N3CCCC3)c[cH-]c2c1.c1ccc2c(N3CCCC3)c[cH-]c2c1. The minimum Gasteiger partial charge on any atom is -1.00 e. The van der Waals surface area contributed by atoms with Gasteiger partial charge >= 0.3 is 52.0 Å². The van der Waals surface area contributed by atoms with Crippen molar-refractivity contribution in [2.24, 2.45) is 0 Å². The number of hydrogen-bond acceptors (Lipinski definition) is 6. The Balaban J connectivity index is 0.000000301. The maximum absolute atomic E-state index is 9.96. The molecule has 0 atom stereocenters. The van der Waals surface area contributed by atoms with Crippen LogP contribution in [-0.2, 0) is 26.2 Å². The minimum absolute atomic E-state index is 0. The second kappa shape index (κ2) is 18.6. The zero-order valence-electron chi connectivity index (χ0n) is 22.8. The van der Waals surface area contributed by atoms with E-state index in [9.17, 15) is 9.90 Å². The number of carbonyl (C=O) groups excluding carboxylic acids is 1. The van der Waals surface area contributed by atoms with E-state index in [1.807, 2.05) is 0 Å². The Morgan fingerprint density at radius 2 is 1.07 bits per heavy atom. The molecule has 0 aliphatic carbocycles. The zero-order valence-corrected chi connectivity index (χ0v) is 30.0. The van der Waals surface area contributed by atoms with E-state index >= 15 is 0 Å². The molecule has 2 saturated heterocycles. The number of hydrogen-bond donors (Lipinski definition) is 0. The Kier molecular flexibility index (Phi) is 16.9. The van der Waals surface area contributed by atoms with E-state index in [1.54, 1.807) is 0 Å². The maximum atomic E-state index is 9.96. The fourth-order valence-corrected chi connectivity index (χ4v) is 5.14. The van der Waals surface area contributed by atoms with Gasteiger partial charge in [0.15, 0.2) is 5.82 Å². The molecule has 0 N–H and O–H groups in total. The van der Waals surface area contributed by atoms with Crippen molar-refractivity contribution < 1.29 is 60.9 Å². The van der Waals surface area contributed by atoms with Crippen LogP contribution in [0, 0.1) is 0 Å². The van der Waals surface area contributed by atoms with Crippen molar-refractivity contribution in [3.05, 3.63) is 97.1 Å². The summed E-state index contributed by atoms with van der Waals surface area (Å²) in [6.07, 6.45) is 8.08. The van der Waals surface area contributed by atoms with Crippen LogP contribution >= 0.6 is 0 Å². The van der Waals surface area contributed by atoms with E-state index in [0.29, 0.717) is 0 Å². The van der Waals surface area contributed by atoms with Crippen molar-refractivity contribution in [1.29, 1.82) is 0 Å². The number of carbonyl (C=O) groups is 1. The molecule has 7 rings (SSSR count). The quantitative estimate of drug-likeness (QED) is 0.215. The molecule has 1 aromatic heterocycles. The van der Waals surface area contributed by atoms with Crippen LogP contribution in [0.5, 0.6) is 0 Å². The molecule has 3 heterocycles. The van der Waals surface area contributed by atoms with Crippen molar-refractivity contribution in [3.8, 4) is 0 Å². The topological polar surface area (TPSA) is 72.4 Å². The summed E-state index contributed by atoms with van der Waals surface area (Å²) in [4.78, 5) is 21.8. The third-order valence-electron chi connectivity index (χ3n) is 6.96. The molecule has 2 aliphatic heterocycles. The van der Waals surface area contributed by atoms with E-state index in [-0.39, 0.29) is 82.7 Å². The Labute approximate surface area is 292 Å². The molecule has 2 fully saturated rings. The summed E-state index contributed by atoms with van der Waals surface area (Å²) in [5, 5.41) is 15.5. The summed E-state index contributed by atoms with van der Waals surface area (Å²) in [6.45, 7) is 4.92. The van der Waals surface area contributed by atoms with Crippen LogP contribution in [-0.4, -0.2) is 68.0 Å². The summed E-state index contributed by atoms with van der Waals surface area (Å²) < 4.78 is 0. The molecule has 5 aromatic rings. The number of anilines is 2. The number of aromatic nitrogens is 2. The van der Waals surface area contributed by atoms with Crippen molar-refractivity contribution in [2.45, 2.75) is 25.7 Å². The van der Waals surface area contributed by atoms with Crippen molar-refractivity contribution in [3.63, 3.8) is 0 Å². The van der Waals surface area contributed by atoms with Crippen LogP contribution in [0.1, 0.15) is 36.3 Å². The molecule has 0 bridgehead atoms. The van der Waals surface area contributed by atoms with Crippen molar-refractivity contribution in [2.75, 3.05) is 36.0 Å². The standard InChI is InChI=1S/2C13H14N.C5H4N2O2.2ClH.In.Zr/c2*1-2-6-12-11(5-1)7-8-13(12)14-9-3-4-10-14;8-5(9)4-6-2-1-3-7-4;;;;/h2*1-2,5-8H,3-4,9-10H2;1-3H,(H,8,9);2*1H;;/q2*-1;;;;+3;+4/p-3.